The number of halogens is 1. The molecular weight excluding hydrogens is 281 g/mol. The topological polar surface area (TPSA) is 26.0 Å². The molecule has 2 N–H and O–H groups in total. The van der Waals surface area contributed by atoms with Gasteiger partial charge in [0.05, 0.1) is 6.54 Å². The smallest absolute Gasteiger partial charge is 0.124 e. The minimum absolute atomic E-state index is 0.260. The summed E-state index contributed by atoms with van der Waals surface area (Å²) >= 11 is 1.80. The van der Waals surface area contributed by atoms with E-state index in [1.165, 1.54) is 23.3 Å². The van der Waals surface area contributed by atoms with Gasteiger partial charge in [-0.2, -0.15) is 11.8 Å². The third-order valence-corrected chi connectivity index (χ3v) is 4.06. The van der Waals surface area contributed by atoms with Gasteiger partial charge in [0.1, 0.15) is 5.82 Å². The normalized spacial score (nSPS) is 10.0. The van der Waals surface area contributed by atoms with E-state index in [-0.39, 0.29) is 12.4 Å². The summed E-state index contributed by atoms with van der Waals surface area (Å²) in [7, 11) is 0. The molecule has 0 unspecified atom stereocenters. The van der Waals surface area contributed by atoms with Crippen LogP contribution in [0, 0.1) is 24.6 Å². The van der Waals surface area contributed by atoms with Crippen LogP contribution < -0.4 is 5.73 Å². The lowest BCUT2D eigenvalue weighted by Crippen LogP contribution is -1.95. The standard InChI is InChI=1S/C18H18FNS/c1-14-4-2-5-15(10-14)12-21-13-17-7-8-18(19)11-16(17)6-3-9-20/h2,4-5,7-8,10-11H,9,12-13,20H2,1H3. The summed E-state index contributed by atoms with van der Waals surface area (Å²) in [5.74, 6) is 7.21. The molecule has 0 aliphatic heterocycles. The van der Waals surface area contributed by atoms with Gasteiger partial charge in [0.25, 0.3) is 0 Å². The quantitative estimate of drug-likeness (QED) is 0.867. The molecule has 0 heterocycles. The van der Waals surface area contributed by atoms with Gasteiger partial charge < -0.3 is 5.73 Å². The first kappa shape index (κ1) is 15.6. The van der Waals surface area contributed by atoms with Gasteiger partial charge >= 0.3 is 0 Å². The molecule has 0 fully saturated rings. The molecular formula is C18H18FNS. The summed E-state index contributed by atoms with van der Waals surface area (Å²) in [4.78, 5) is 0. The predicted octanol–water partition coefficient (Wildman–Crippen LogP) is 3.88. The summed E-state index contributed by atoms with van der Waals surface area (Å²) in [5.41, 5.74) is 9.74. The van der Waals surface area contributed by atoms with Crippen molar-refractivity contribution in [3.8, 4) is 11.8 Å². The van der Waals surface area contributed by atoms with Crippen molar-refractivity contribution in [3.63, 3.8) is 0 Å². The van der Waals surface area contributed by atoms with Gasteiger partial charge in [-0.3, -0.25) is 0 Å². The van der Waals surface area contributed by atoms with Gasteiger partial charge in [-0.1, -0.05) is 47.7 Å². The van der Waals surface area contributed by atoms with E-state index in [1.54, 1.807) is 17.8 Å². The molecule has 0 saturated carbocycles. The number of benzene rings is 2. The van der Waals surface area contributed by atoms with Crippen LogP contribution in [0.25, 0.3) is 0 Å². The van der Waals surface area contributed by atoms with Crippen LogP contribution in [-0.2, 0) is 11.5 Å². The maximum atomic E-state index is 13.3. The third kappa shape index (κ3) is 4.93. The van der Waals surface area contributed by atoms with Crippen molar-refractivity contribution in [2.45, 2.75) is 18.4 Å². The number of aryl methyl sites for hydroxylation is 1. The van der Waals surface area contributed by atoms with Crippen LogP contribution in [0.15, 0.2) is 42.5 Å². The maximum Gasteiger partial charge on any atom is 0.124 e. The van der Waals surface area contributed by atoms with E-state index in [2.05, 4.69) is 43.0 Å². The Hall–Kier alpha value is -1.76. The Morgan fingerprint density at radius 1 is 1.14 bits per heavy atom. The van der Waals surface area contributed by atoms with Crippen molar-refractivity contribution in [2.24, 2.45) is 5.73 Å². The molecule has 2 aromatic carbocycles. The molecule has 0 saturated heterocycles. The lowest BCUT2D eigenvalue weighted by molar-refractivity contribution is 0.627. The van der Waals surface area contributed by atoms with Crippen LogP contribution in [0.4, 0.5) is 4.39 Å². The minimum atomic E-state index is -0.260. The van der Waals surface area contributed by atoms with E-state index in [9.17, 15) is 4.39 Å². The number of thioether (sulfide) groups is 1. The lowest BCUT2D eigenvalue weighted by Gasteiger charge is -2.06. The van der Waals surface area contributed by atoms with Crippen LogP contribution in [0.3, 0.4) is 0 Å². The molecule has 0 aromatic heterocycles. The molecule has 0 aliphatic carbocycles. The molecule has 0 amide bonds. The van der Waals surface area contributed by atoms with E-state index >= 15 is 0 Å². The summed E-state index contributed by atoms with van der Waals surface area (Å²) in [6.45, 7) is 2.38. The SMILES string of the molecule is Cc1cccc(CSCc2ccc(F)cc2C#CCN)c1. The Kier molecular flexibility index (Phi) is 5.86. The van der Waals surface area contributed by atoms with E-state index in [1.807, 2.05) is 0 Å². The maximum absolute atomic E-state index is 13.3. The number of rotatable bonds is 4. The predicted molar refractivity (Wildman–Crippen MR) is 88.5 cm³/mol. The van der Waals surface area contributed by atoms with Gasteiger partial charge in [0, 0.05) is 17.1 Å². The first-order valence-electron chi connectivity index (χ1n) is 6.79. The molecule has 0 bridgehead atoms. The van der Waals surface area contributed by atoms with Crippen LogP contribution >= 0.6 is 11.8 Å². The van der Waals surface area contributed by atoms with E-state index < -0.39 is 0 Å². The Labute approximate surface area is 129 Å². The van der Waals surface area contributed by atoms with Gasteiger partial charge in [-0.25, -0.2) is 4.39 Å². The van der Waals surface area contributed by atoms with E-state index in [0.29, 0.717) is 0 Å². The zero-order chi connectivity index (χ0) is 15.1. The van der Waals surface area contributed by atoms with Crippen LogP contribution in [0.5, 0.6) is 0 Å². The Morgan fingerprint density at radius 3 is 2.76 bits per heavy atom. The second-order valence-electron chi connectivity index (χ2n) is 4.79. The Morgan fingerprint density at radius 2 is 2.00 bits per heavy atom. The van der Waals surface area contributed by atoms with Crippen molar-refractivity contribution < 1.29 is 4.39 Å². The first-order valence-corrected chi connectivity index (χ1v) is 7.95. The van der Waals surface area contributed by atoms with Crippen molar-refractivity contribution in [1.29, 1.82) is 0 Å². The average Bonchev–Trinajstić information content (AvgIpc) is 2.47. The Bertz CT molecular complexity index is 670. The van der Waals surface area contributed by atoms with Gasteiger partial charge in [0.15, 0.2) is 0 Å². The third-order valence-electron chi connectivity index (χ3n) is 3.01. The lowest BCUT2D eigenvalue weighted by atomic mass is 10.1. The Balaban J connectivity index is 2.02. The fraction of sp³-hybridized carbons (Fsp3) is 0.222. The fourth-order valence-electron chi connectivity index (χ4n) is 2.02. The fourth-order valence-corrected chi connectivity index (χ4v) is 3.01. The van der Waals surface area contributed by atoms with Crippen LogP contribution in [-0.4, -0.2) is 6.54 Å². The van der Waals surface area contributed by atoms with Crippen molar-refractivity contribution in [3.05, 3.63) is 70.5 Å². The highest BCUT2D eigenvalue weighted by Gasteiger charge is 2.03. The highest BCUT2D eigenvalue weighted by atomic mass is 32.2. The molecule has 0 atom stereocenters. The highest BCUT2D eigenvalue weighted by molar-refractivity contribution is 7.97. The molecule has 2 rings (SSSR count). The van der Waals surface area contributed by atoms with Crippen LogP contribution in [0.2, 0.25) is 0 Å². The first-order chi connectivity index (χ1) is 10.2. The molecule has 1 nitrogen and oxygen atoms in total. The van der Waals surface area contributed by atoms with E-state index in [0.717, 1.165) is 22.6 Å². The van der Waals surface area contributed by atoms with Gasteiger partial charge in [-0.15, -0.1) is 0 Å². The second-order valence-corrected chi connectivity index (χ2v) is 5.77. The van der Waals surface area contributed by atoms with Crippen molar-refractivity contribution >= 4 is 11.8 Å². The molecule has 2 aromatic rings. The summed E-state index contributed by atoms with van der Waals surface area (Å²) < 4.78 is 13.3. The summed E-state index contributed by atoms with van der Waals surface area (Å²) in [5, 5.41) is 0. The molecule has 3 heteroatoms. The number of hydrogen-bond donors (Lipinski definition) is 1. The van der Waals surface area contributed by atoms with E-state index in [4.69, 9.17) is 5.73 Å². The van der Waals surface area contributed by atoms with Gasteiger partial charge in [-0.05, 0) is 30.2 Å². The van der Waals surface area contributed by atoms with Crippen LogP contribution in [0.1, 0.15) is 22.3 Å². The summed E-state index contributed by atoms with van der Waals surface area (Å²) in [6.07, 6.45) is 0. The molecule has 0 spiro atoms. The number of hydrogen-bond acceptors (Lipinski definition) is 2. The van der Waals surface area contributed by atoms with Crippen molar-refractivity contribution in [1.82, 2.24) is 0 Å². The highest BCUT2D eigenvalue weighted by Crippen LogP contribution is 2.21. The monoisotopic (exact) mass is 299 g/mol. The average molecular weight is 299 g/mol. The summed E-state index contributed by atoms with van der Waals surface area (Å²) in [6, 6.07) is 13.2. The molecule has 108 valence electrons. The minimum Gasteiger partial charge on any atom is -0.320 e. The molecule has 0 aliphatic rings. The zero-order valence-corrected chi connectivity index (χ0v) is 12.8. The van der Waals surface area contributed by atoms with Gasteiger partial charge in [0.2, 0.25) is 0 Å². The largest absolute Gasteiger partial charge is 0.320 e. The molecule has 21 heavy (non-hydrogen) atoms. The second kappa shape index (κ2) is 7.87. The zero-order valence-electron chi connectivity index (χ0n) is 12.0. The van der Waals surface area contributed by atoms with Crippen molar-refractivity contribution in [2.75, 3.05) is 6.54 Å². The molecule has 0 radical (unpaired) electrons. The number of nitrogens with two attached hydrogens (primary N) is 1.